The summed E-state index contributed by atoms with van der Waals surface area (Å²) in [4.78, 5) is 0. The maximum atomic E-state index is 11.4. The molecule has 0 unspecified atom stereocenters. The first kappa shape index (κ1) is 21.4. The summed E-state index contributed by atoms with van der Waals surface area (Å²) in [7, 11) is -6.10. The fourth-order valence-electron chi connectivity index (χ4n) is 1.54. The summed E-state index contributed by atoms with van der Waals surface area (Å²) < 4.78 is 54.8. The van der Waals surface area contributed by atoms with Gasteiger partial charge in [-0.3, -0.25) is 0 Å². The molecule has 0 saturated heterocycles. The second kappa shape index (κ2) is 8.61. The molecule has 0 aromatic carbocycles. The zero-order chi connectivity index (χ0) is 19.3. The van der Waals surface area contributed by atoms with E-state index in [-0.39, 0.29) is 22.0 Å². The van der Waals surface area contributed by atoms with Gasteiger partial charge in [-0.2, -0.15) is 0 Å². The SMILES string of the molecule is CC(C)S(=O)(=O)Cc1ccon1.Cc1cc(CS(=O)(=O)C(C)C)no1. The minimum Gasteiger partial charge on any atom is -0.364 e. The van der Waals surface area contributed by atoms with Crippen molar-refractivity contribution in [2.45, 2.75) is 56.6 Å². The van der Waals surface area contributed by atoms with Crippen molar-refractivity contribution in [3.8, 4) is 0 Å². The Bertz CT molecular complexity index is 850. The van der Waals surface area contributed by atoms with E-state index in [1.165, 1.54) is 6.26 Å². The van der Waals surface area contributed by atoms with Crippen molar-refractivity contribution in [3.63, 3.8) is 0 Å². The van der Waals surface area contributed by atoms with Crippen LogP contribution in [-0.2, 0) is 31.2 Å². The molecule has 2 aromatic heterocycles. The third-order valence-electron chi connectivity index (χ3n) is 3.30. The Morgan fingerprint density at radius 2 is 1.44 bits per heavy atom. The van der Waals surface area contributed by atoms with Crippen LogP contribution in [0.2, 0.25) is 0 Å². The number of sulfone groups is 2. The third-order valence-corrected chi connectivity index (χ3v) is 7.57. The number of aromatic nitrogens is 2. The molecule has 2 heterocycles. The fraction of sp³-hybridized carbons (Fsp3) is 0.600. The molecule has 0 bridgehead atoms. The lowest BCUT2D eigenvalue weighted by Gasteiger charge is -2.03. The standard InChI is InChI=1S/C8H13NO3S.C7H11NO3S/c1-6(2)13(10,11)5-8-4-7(3)12-9-8;1-6(2)12(9,10)5-7-3-4-11-8-7/h4,6H,5H2,1-3H3;3-4,6H,5H2,1-2H3. The molecule has 0 fully saturated rings. The van der Waals surface area contributed by atoms with Crippen molar-refractivity contribution >= 4 is 19.7 Å². The zero-order valence-electron chi connectivity index (χ0n) is 15.0. The summed E-state index contributed by atoms with van der Waals surface area (Å²) >= 11 is 0. The molecular formula is C15H24N2O6S2. The van der Waals surface area contributed by atoms with Gasteiger partial charge in [0.05, 0.1) is 33.4 Å². The lowest BCUT2D eigenvalue weighted by molar-refractivity contribution is 0.392. The topological polar surface area (TPSA) is 120 Å². The Morgan fingerprint density at radius 1 is 0.920 bits per heavy atom. The Balaban J connectivity index is 0.000000251. The van der Waals surface area contributed by atoms with E-state index in [9.17, 15) is 16.8 Å². The maximum Gasteiger partial charge on any atom is 0.158 e. The van der Waals surface area contributed by atoms with Crippen LogP contribution in [-0.4, -0.2) is 37.6 Å². The molecule has 0 aliphatic carbocycles. The molecule has 8 nitrogen and oxygen atoms in total. The van der Waals surface area contributed by atoms with Gasteiger partial charge < -0.3 is 9.05 Å². The summed E-state index contributed by atoms with van der Waals surface area (Å²) in [5.74, 6) is 0.553. The van der Waals surface area contributed by atoms with Crippen LogP contribution in [0.5, 0.6) is 0 Å². The summed E-state index contributed by atoms with van der Waals surface area (Å²) in [5, 5.41) is 6.42. The molecule has 0 radical (unpaired) electrons. The van der Waals surface area contributed by atoms with Gasteiger partial charge in [0, 0.05) is 12.1 Å². The van der Waals surface area contributed by atoms with Gasteiger partial charge in [-0.05, 0) is 34.6 Å². The third kappa shape index (κ3) is 6.99. The first-order chi connectivity index (χ1) is 11.4. The average molecular weight is 392 g/mol. The van der Waals surface area contributed by atoms with Gasteiger partial charge in [0.15, 0.2) is 19.7 Å². The van der Waals surface area contributed by atoms with Crippen LogP contribution in [0.1, 0.15) is 44.8 Å². The molecule has 0 aliphatic rings. The van der Waals surface area contributed by atoms with Crippen LogP contribution in [0, 0.1) is 6.92 Å². The summed E-state index contributed by atoms with van der Waals surface area (Å²) in [6.07, 6.45) is 1.37. The van der Waals surface area contributed by atoms with Crippen molar-refractivity contribution in [1.82, 2.24) is 10.3 Å². The monoisotopic (exact) mass is 392 g/mol. The zero-order valence-corrected chi connectivity index (χ0v) is 16.6. The Kier molecular flexibility index (Phi) is 7.36. The molecule has 0 amide bonds. The predicted octanol–water partition coefficient (Wildman–Crippen LogP) is 2.30. The number of rotatable bonds is 6. The first-order valence-corrected chi connectivity index (χ1v) is 11.1. The molecule has 0 N–H and O–H groups in total. The summed E-state index contributed by atoms with van der Waals surface area (Å²) in [5.41, 5.74) is 0.940. The molecule has 10 heteroatoms. The molecule has 2 aromatic rings. The predicted molar refractivity (Wildman–Crippen MR) is 93.3 cm³/mol. The molecule has 0 atom stereocenters. The number of hydrogen-bond acceptors (Lipinski definition) is 8. The molecule has 0 aliphatic heterocycles. The second-order valence-electron chi connectivity index (χ2n) is 6.13. The van der Waals surface area contributed by atoms with Crippen LogP contribution < -0.4 is 0 Å². The van der Waals surface area contributed by atoms with Gasteiger partial charge in [0.2, 0.25) is 0 Å². The Labute approximate surface area is 148 Å². The van der Waals surface area contributed by atoms with Gasteiger partial charge in [0.25, 0.3) is 0 Å². The van der Waals surface area contributed by atoms with E-state index in [4.69, 9.17) is 4.52 Å². The maximum absolute atomic E-state index is 11.4. The molecular weight excluding hydrogens is 368 g/mol. The van der Waals surface area contributed by atoms with Gasteiger partial charge in [-0.15, -0.1) is 0 Å². The first-order valence-electron chi connectivity index (χ1n) is 7.68. The minimum absolute atomic E-state index is 0.0397. The quantitative estimate of drug-likeness (QED) is 0.734. The summed E-state index contributed by atoms with van der Waals surface area (Å²) in [6, 6.07) is 3.19. The highest BCUT2D eigenvalue weighted by Gasteiger charge is 2.19. The lowest BCUT2D eigenvalue weighted by atomic mass is 10.4. The van der Waals surface area contributed by atoms with E-state index in [1.807, 2.05) is 0 Å². The summed E-state index contributed by atoms with van der Waals surface area (Å²) in [6.45, 7) is 8.34. The molecule has 142 valence electrons. The van der Waals surface area contributed by atoms with E-state index in [0.29, 0.717) is 17.1 Å². The van der Waals surface area contributed by atoms with Gasteiger partial charge >= 0.3 is 0 Å². The molecule has 0 spiro atoms. The van der Waals surface area contributed by atoms with E-state index in [2.05, 4.69) is 14.8 Å². The minimum atomic E-state index is -3.06. The van der Waals surface area contributed by atoms with E-state index < -0.39 is 19.7 Å². The molecule has 0 saturated carbocycles. The van der Waals surface area contributed by atoms with Crippen LogP contribution in [0.15, 0.2) is 27.4 Å². The second-order valence-corrected chi connectivity index (χ2v) is 11.2. The van der Waals surface area contributed by atoms with Gasteiger partial charge in [0.1, 0.15) is 12.0 Å². The van der Waals surface area contributed by atoms with Crippen LogP contribution in [0.4, 0.5) is 0 Å². The number of aryl methyl sites for hydroxylation is 1. The average Bonchev–Trinajstić information content (AvgIpc) is 3.10. The van der Waals surface area contributed by atoms with Crippen molar-refractivity contribution in [2.24, 2.45) is 0 Å². The lowest BCUT2D eigenvalue weighted by Crippen LogP contribution is -2.16. The number of hydrogen-bond donors (Lipinski definition) is 0. The van der Waals surface area contributed by atoms with Crippen molar-refractivity contribution in [1.29, 1.82) is 0 Å². The van der Waals surface area contributed by atoms with Crippen molar-refractivity contribution < 1.29 is 25.9 Å². The highest BCUT2D eigenvalue weighted by molar-refractivity contribution is 7.91. The van der Waals surface area contributed by atoms with Crippen molar-refractivity contribution in [3.05, 3.63) is 35.5 Å². The Morgan fingerprint density at radius 3 is 1.80 bits per heavy atom. The fourth-order valence-corrected chi connectivity index (χ4v) is 3.32. The van der Waals surface area contributed by atoms with E-state index in [1.54, 1.807) is 46.8 Å². The van der Waals surface area contributed by atoms with Gasteiger partial charge in [-0.25, -0.2) is 16.8 Å². The molecule has 25 heavy (non-hydrogen) atoms. The Hall–Kier alpha value is -1.68. The van der Waals surface area contributed by atoms with Crippen LogP contribution in [0.3, 0.4) is 0 Å². The highest BCUT2D eigenvalue weighted by atomic mass is 32.2. The van der Waals surface area contributed by atoms with Gasteiger partial charge in [-0.1, -0.05) is 10.3 Å². The smallest absolute Gasteiger partial charge is 0.158 e. The normalized spacial score (nSPS) is 12.3. The van der Waals surface area contributed by atoms with Crippen molar-refractivity contribution in [2.75, 3.05) is 0 Å². The van der Waals surface area contributed by atoms with E-state index >= 15 is 0 Å². The van der Waals surface area contributed by atoms with E-state index in [0.717, 1.165) is 0 Å². The number of nitrogens with zero attached hydrogens (tertiary/aromatic N) is 2. The molecule has 2 rings (SSSR count). The van der Waals surface area contributed by atoms with Crippen LogP contribution in [0.25, 0.3) is 0 Å². The largest absolute Gasteiger partial charge is 0.364 e. The van der Waals surface area contributed by atoms with Crippen LogP contribution >= 0.6 is 0 Å². The highest BCUT2D eigenvalue weighted by Crippen LogP contribution is 2.11.